The lowest BCUT2D eigenvalue weighted by molar-refractivity contribution is -0.144. The van der Waals surface area contributed by atoms with Crippen LogP contribution in [0.2, 0.25) is 0 Å². The summed E-state index contributed by atoms with van der Waals surface area (Å²) in [6, 6.07) is 12.1. The minimum absolute atomic E-state index is 0.0889. The fourth-order valence-corrected chi connectivity index (χ4v) is 3.04. The SMILES string of the molecule is CC(=O)N/C(=C/c1ccccc1)C(=O)OCC(=O)Nc1cc2[nH]c(=O)[nH]c2cc1Br. The number of fused-ring (bicyclic) bond motifs is 1. The van der Waals surface area contributed by atoms with Crippen molar-refractivity contribution >= 4 is 56.5 Å². The van der Waals surface area contributed by atoms with Gasteiger partial charge in [-0.05, 0) is 39.7 Å². The van der Waals surface area contributed by atoms with E-state index in [2.05, 4.69) is 36.5 Å². The Labute approximate surface area is 178 Å². The molecule has 0 atom stereocenters. The van der Waals surface area contributed by atoms with E-state index in [1.165, 1.54) is 13.0 Å². The first-order chi connectivity index (χ1) is 14.3. The third-order valence-electron chi connectivity index (χ3n) is 3.85. The zero-order valence-corrected chi connectivity index (χ0v) is 17.3. The van der Waals surface area contributed by atoms with Crippen LogP contribution in [0.3, 0.4) is 0 Å². The van der Waals surface area contributed by atoms with Gasteiger partial charge in [-0.3, -0.25) is 9.59 Å². The van der Waals surface area contributed by atoms with Crippen molar-refractivity contribution in [2.45, 2.75) is 6.92 Å². The van der Waals surface area contributed by atoms with Crippen LogP contribution in [0.4, 0.5) is 5.69 Å². The van der Waals surface area contributed by atoms with Gasteiger partial charge in [0.05, 0.1) is 16.7 Å². The molecule has 10 heteroatoms. The molecule has 0 fully saturated rings. The van der Waals surface area contributed by atoms with E-state index >= 15 is 0 Å². The Morgan fingerprint density at radius 2 is 1.77 bits per heavy atom. The van der Waals surface area contributed by atoms with Crippen LogP contribution in [0.25, 0.3) is 17.1 Å². The van der Waals surface area contributed by atoms with Crippen LogP contribution in [0.1, 0.15) is 12.5 Å². The third-order valence-corrected chi connectivity index (χ3v) is 4.51. The van der Waals surface area contributed by atoms with Crippen molar-refractivity contribution in [1.82, 2.24) is 15.3 Å². The van der Waals surface area contributed by atoms with Gasteiger partial charge in [0.25, 0.3) is 5.91 Å². The van der Waals surface area contributed by atoms with E-state index in [1.807, 2.05) is 6.07 Å². The Morgan fingerprint density at radius 1 is 1.10 bits per heavy atom. The van der Waals surface area contributed by atoms with Crippen molar-refractivity contribution in [1.29, 1.82) is 0 Å². The summed E-state index contributed by atoms with van der Waals surface area (Å²) in [5, 5.41) is 4.99. The number of H-pyrrole nitrogens is 2. The predicted octanol–water partition coefficient (Wildman–Crippen LogP) is 2.28. The van der Waals surface area contributed by atoms with Crippen molar-refractivity contribution in [2.75, 3.05) is 11.9 Å². The van der Waals surface area contributed by atoms with E-state index in [9.17, 15) is 19.2 Å². The number of nitrogens with one attached hydrogen (secondary N) is 4. The molecule has 3 rings (SSSR count). The van der Waals surface area contributed by atoms with Crippen LogP contribution in [-0.2, 0) is 19.1 Å². The molecule has 0 bridgehead atoms. The number of carbonyl (C=O) groups is 3. The molecule has 0 unspecified atom stereocenters. The molecule has 0 saturated carbocycles. The number of amides is 2. The average Bonchev–Trinajstić information content (AvgIpc) is 3.05. The third kappa shape index (κ3) is 5.45. The number of halogens is 1. The molecular formula is C20H17BrN4O5. The van der Waals surface area contributed by atoms with Gasteiger partial charge in [-0.15, -0.1) is 0 Å². The van der Waals surface area contributed by atoms with E-state index in [-0.39, 0.29) is 11.4 Å². The highest BCUT2D eigenvalue weighted by molar-refractivity contribution is 9.10. The Hall–Kier alpha value is -3.66. The first kappa shape index (κ1) is 21.1. The Balaban J connectivity index is 1.67. The summed E-state index contributed by atoms with van der Waals surface area (Å²) in [5.41, 5.74) is 1.69. The highest BCUT2D eigenvalue weighted by Crippen LogP contribution is 2.26. The Kier molecular flexibility index (Phi) is 6.48. The summed E-state index contributed by atoms with van der Waals surface area (Å²) in [5.74, 6) is -1.90. The molecule has 1 heterocycles. The topological polar surface area (TPSA) is 133 Å². The number of hydrogen-bond acceptors (Lipinski definition) is 5. The maximum absolute atomic E-state index is 12.3. The molecule has 0 spiro atoms. The van der Waals surface area contributed by atoms with Gasteiger partial charge in [0.15, 0.2) is 6.61 Å². The van der Waals surface area contributed by atoms with Crippen molar-refractivity contribution in [3.63, 3.8) is 0 Å². The van der Waals surface area contributed by atoms with Crippen molar-refractivity contribution in [3.05, 3.63) is 68.7 Å². The Morgan fingerprint density at radius 3 is 2.43 bits per heavy atom. The van der Waals surface area contributed by atoms with Crippen LogP contribution in [0.5, 0.6) is 0 Å². The lowest BCUT2D eigenvalue weighted by Gasteiger charge is -2.10. The summed E-state index contributed by atoms with van der Waals surface area (Å²) >= 11 is 3.31. The van der Waals surface area contributed by atoms with Gasteiger partial charge in [0.2, 0.25) is 5.91 Å². The molecule has 9 nitrogen and oxygen atoms in total. The fraction of sp³-hybridized carbons (Fsp3) is 0.100. The van der Waals surface area contributed by atoms with Crippen molar-refractivity contribution in [3.8, 4) is 0 Å². The van der Waals surface area contributed by atoms with Gasteiger partial charge in [0, 0.05) is 11.4 Å². The standard InChI is InChI=1S/C20H17BrN4O5/c1-11(26)22-17(7-12-5-3-2-4-6-12)19(28)30-10-18(27)23-14-9-16-15(8-13(14)21)24-20(29)25-16/h2-9H,10H2,1H3,(H,22,26)(H,23,27)(H2,24,25,29)/b17-7+. The van der Waals surface area contributed by atoms with Gasteiger partial charge in [-0.1, -0.05) is 30.3 Å². The fourth-order valence-electron chi connectivity index (χ4n) is 2.60. The minimum atomic E-state index is -0.853. The normalized spacial score (nSPS) is 11.2. The van der Waals surface area contributed by atoms with E-state index in [4.69, 9.17) is 4.74 Å². The molecule has 0 radical (unpaired) electrons. The lowest BCUT2D eigenvalue weighted by Crippen LogP contribution is -2.29. The van der Waals surface area contributed by atoms with Crippen molar-refractivity contribution in [2.24, 2.45) is 0 Å². The number of hydrogen-bond donors (Lipinski definition) is 4. The van der Waals surface area contributed by atoms with Gasteiger partial charge in [-0.25, -0.2) is 9.59 Å². The Bertz CT molecular complexity index is 1200. The second-order valence-corrected chi connectivity index (χ2v) is 7.09. The summed E-state index contributed by atoms with van der Waals surface area (Å²) in [6.07, 6.45) is 1.45. The number of aromatic nitrogens is 2. The number of aromatic amines is 2. The summed E-state index contributed by atoms with van der Waals surface area (Å²) < 4.78 is 5.56. The summed E-state index contributed by atoms with van der Waals surface area (Å²) in [7, 11) is 0. The maximum atomic E-state index is 12.3. The number of carbonyl (C=O) groups excluding carboxylic acids is 3. The van der Waals surface area contributed by atoms with Crippen LogP contribution in [-0.4, -0.2) is 34.4 Å². The summed E-state index contributed by atoms with van der Waals surface area (Å²) in [6.45, 7) is 0.691. The predicted molar refractivity (Wildman–Crippen MR) is 114 cm³/mol. The van der Waals surface area contributed by atoms with Crippen LogP contribution < -0.4 is 16.3 Å². The molecule has 2 aromatic carbocycles. The van der Waals surface area contributed by atoms with Crippen LogP contribution in [0.15, 0.2) is 57.4 Å². The maximum Gasteiger partial charge on any atom is 0.355 e. The van der Waals surface area contributed by atoms with E-state index in [1.54, 1.807) is 36.4 Å². The number of esters is 1. The second-order valence-electron chi connectivity index (χ2n) is 6.23. The number of anilines is 1. The first-order valence-electron chi connectivity index (χ1n) is 8.74. The average molecular weight is 473 g/mol. The molecular weight excluding hydrogens is 456 g/mol. The molecule has 4 N–H and O–H groups in total. The number of benzene rings is 2. The zero-order valence-electron chi connectivity index (χ0n) is 15.7. The molecule has 0 aliphatic carbocycles. The molecule has 2 amide bonds. The van der Waals surface area contributed by atoms with E-state index in [0.717, 1.165) is 0 Å². The molecule has 0 saturated heterocycles. The van der Waals surface area contributed by atoms with Crippen LogP contribution >= 0.6 is 15.9 Å². The minimum Gasteiger partial charge on any atom is -0.451 e. The quantitative estimate of drug-likeness (QED) is 0.322. The molecule has 1 aromatic heterocycles. The molecule has 0 aliphatic rings. The first-order valence-corrected chi connectivity index (χ1v) is 9.54. The second kappa shape index (κ2) is 9.23. The van der Waals surface area contributed by atoms with Crippen LogP contribution in [0, 0.1) is 0 Å². The number of rotatable bonds is 6. The molecule has 3 aromatic rings. The largest absolute Gasteiger partial charge is 0.451 e. The molecule has 30 heavy (non-hydrogen) atoms. The smallest absolute Gasteiger partial charge is 0.355 e. The highest BCUT2D eigenvalue weighted by Gasteiger charge is 2.16. The van der Waals surface area contributed by atoms with Gasteiger partial charge in [0.1, 0.15) is 5.70 Å². The van der Waals surface area contributed by atoms with Gasteiger partial charge in [-0.2, -0.15) is 0 Å². The van der Waals surface area contributed by atoms with Gasteiger partial charge >= 0.3 is 11.7 Å². The summed E-state index contributed by atoms with van der Waals surface area (Å²) in [4.78, 5) is 52.5. The van der Waals surface area contributed by atoms with E-state index in [0.29, 0.717) is 26.8 Å². The monoisotopic (exact) mass is 472 g/mol. The zero-order chi connectivity index (χ0) is 21.7. The van der Waals surface area contributed by atoms with Gasteiger partial charge < -0.3 is 25.3 Å². The van der Waals surface area contributed by atoms with E-state index < -0.39 is 24.4 Å². The number of imidazole rings is 1. The highest BCUT2D eigenvalue weighted by atomic mass is 79.9. The molecule has 154 valence electrons. The lowest BCUT2D eigenvalue weighted by atomic mass is 10.2. The number of ether oxygens (including phenoxy) is 1. The molecule has 0 aliphatic heterocycles. The van der Waals surface area contributed by atoms with Crippen molar-refractivity contribution < 1.29 is 19.1 Å².